The van der Waals surface area contributed by atoms with E-state index in [-0.39, 0.29) is 6.61 Å². The van der Waals surface area contributed by atoms with Crippen molar-refractivity contribution < 1.29 is 19.7 Å². The lowest BCUT2D eigenvalue weighted by Gasteiger charge is -2.17. The molecule has 1 aliphatic rings. The highest BCUT2D eigenvalue weighted by atomic mass is 16.5. The molecule has 0 aromatic heterocycles. The molecule has 0 unspecified atom stereocenters. The number of benzene rings is 1. The molecule has 0 amide bonds. The fraction of sp³-hybridized carbons (Fsp3) is 0.500. The van der Waals surface area contributed by atoms with Gasteiger partial charge in [-0.15, -0.1) is 0 Å². The van der Waals surface area contributed by atoms with Crippen LogP contribution in [0.1, 0.15) is 11.1 Å². The van der Waals surface area contributed by atoms with Gasteiger partial charge in [-0.2, -0.15) is 0 Å². The molecule has 0 saturated heterocycles. The zero-order valence-corrected chi connectivity index (χ0v) is 9.22. The molecule has 4 nitrogen and oxygen atoms in total. The fourth-order valence-corrected chi connectivity index (χ4v) is 1.90. The Morgan fingerprint density at radius 3 is 2.94 bits per heavy atom. The molecule has 1 aliphatic heterocycles. The fourth-order valence-electron chi connectivity index (χ4n) is 1.90. The first-order valence-corrected chi connectivity index (χ1v) is 5.31. The second kappa shape index (κ2) is 4.82. The largest absolute Gasteiger partial charge is 0.497 e. The smallest absolute Gasteiger partial charge is 0.119 e. The lowest BCUT2D eigenvalue weighted by atomic mass is 10.0. The molecular weight excluding hydrogens is 208 g/mol. The molecule has 2 rings (SSSR count). The molecule has 2 N–H and O–H groups in total. The van der Waals surface area contributed by atoms with E-state index in [2.05, 4.69) is 0 Å². The van der Waals surface area contributed by atoms with E-state index in [1.54, 1.807) is 7.11 Å². The number of ether oxygens (including phenoxy) is 2. The first kappa shape index (κ1) is 11.4. The average Bonchev–Trinajstić information content (AvgIpc) is 2.46. The number of aliphatic hydroxyl groups excluding tert-OH is 2. The van der Waals surface area contributed by atoms with Crippen molar-refractivity contribution in [1.29, 1.82) is 0 Å². The number of fused-ring (bicyclic) bond motifs is 1. The van der Waals surface area contributed by atoms with Gasteiger partial charge < -0.3 is 19.7 Å². The van der Waals surface area contributed by atoms with Crippen LogP contribution in [0.4, 0.5) is 0 Å². The Morgan fingerprint density at radius 1 is 1.44 bits per heavy atom. The van der Waals surface area contributed by atoms with Gasteiger partial charge in [0.15, 0.2) is 0 Å². The van der Waals surface area contributed by atoms with E-state index in [0.717, 1.165) is 16.9 Å². The summed E-state index contributed by atoms with van der Waals surface area (Å²) in [5, 5.41) is 18.9. The summed E-state index contributed by atoms with van der Waals surface area (Å²) in [5.41, 5.74) is 2.05. The summed E-state index contributed by atoms with van der Waals surface area (Å²) in [4.78, 5) is 0. The number of aliphatic hydroxyl groups is 2. The van der Waals surface area contributed by atoms with Gasteiger partial charge in [0.1, 0.15) is 11.9 Å². The second-order valence-corrected chi connectivity index (χ2v) is 3.94. The van der Waals surface area contributed by atoms with Gasteiger partial charge in [0.25, 0.3) is 0 Å². The van der Waals surface area contributed by atoms with Crippen molar-refractivity contribution in [2.24, 2.45) is 0 Å². The number of hydrogen-bond donors (Lipinski definition) is 2. The van der Waals surface area contributed by atoms with Crippen LogP contribution in [0.3, 0.4) is 0 Å². The summed E-state index contributed by atoms with van der Waals surface area (Å²) < 4.78 is 10.6. The highest BCUT2D eigenvalue weighted by Crippen LogP contribution is 2.24. The Morgan fingerprint density at radius 2 is 2.25 bits per heavy atom. The zero-order valence-electron chi connectivity index (χ0n) is 9.22. The maximum absolute atomic E-state index is 9.81. The molecule has 0 saturated carbocycles. The molecule has 1 aromatic rings. The maximum atomic E-state index is 9.81. The van der Waals surface area contributed by atoms with Gasteiger partial charge in [-0.05, 0) is 23.3 Å². The van der Waals surface area contributed by atoms with Gasteiger partial charge in [0.05, 0.1) is 26.4 Å². The quantitative estimate of drug-likeness (QED) is 0.767. The second-order valence-electron chi connectivity index (χ2n) is 3.94. The van der Waals surface area contributed by atoms with Crippen LogP contribution in [0.15, 0.2) is 18.2 Å². The molecule has 1 heterocycles. The molecule has 4 heteroatoms. The van der Waals surface area contributed by atoms with Gasteiger partial charge in [-0.1, -0.05) is 6.07 Å². The monoisotopic (exact) mass is 224 g/mol. The van der Waals surface area contributed by atoms with E-state index in [1.807, 2.05) is 18.2 Å². The molecule has 1 aromatic carbocycles. The molecular formula is C12H16O4. The van der Waals surface area contributed by atoms with Crippen LogP contribution >= 0.6 is 0 Å². The summed E-state index contributed by atoms with van der Waals surface area (Å²) >= 11 is 0. The first-order chi connectivity index (χ1) is 7.74. The number of hydrogen-bond acceptors (Lipinski definition) is 4. The van der Waals surface area contributed by atoms with E-state index in [1.165, 1.54) is 0 Å². The summed E-state index contributed by atoms with van der Waals surface area (Å²) in [6, 6.07) is 5.70. The maximum Gasteiger partial charge on any atom is 0.119 e. The third kappa shape index (κ3) is 2.19. The van der Waals surface area contributed by atoms with Crippen molar-refractivity contribution in [3.8, 4) is 5.75 Å². The predicted octanol–water partition coefficient (Wildman–Crippen LogP) is 0.490. The van der Waals surface area contributed by atoms with Crippen molar-refractivity contribution in [3.63, 3.8) is 0 Å². The molecule has 88 valence electrons. The van der Waals surface area contributed by atoms with Crippen molar-refractivity contribution >= 4 is 0 Å². The zero-order chi connectivity index (χ0) is 11.5. The normalized spacial score (nSPS) is 24.7. The van der Waals surface area contributed by atoms with E-state index in [0.29, 0.717) is 13.0 Å². The van der Waals surface area contributed by atoms with Crippen molar-refractivity contribution in [2.75, 3.05) is 13.7 Å². The van der Waals surface area contributed by atoms with Crippen LogP contribution < -0.4 is 4.74 Å². The predicted molar refractivity (Wildman–Crippen MR) is 58.4 cm³/mol. The summed E-state index contributed by atoms with van der Waals surface area (Å²) in [5.74, 6) is 0.777. The minimum absolute atomic E-state index is 0.160. The van der Waals surface area contributed by atoms with Crippen LogP contribution in [-0.4, -0.2) is 36.1 Å². The molecule has 0 fully saturated rings. The third-order valence-corrected chi connectivity index (χ3v) is 2.90. The molecule has 0 spiro atoms. The van der Waals surface area contributed by atoms with E-state index >= 15 is 0 Å². The van der Waals surface area contributed by atoms with Gasteiger partial charge >= 0.3 is 0 Å². The van der Waals surface area contributed by atoms with Gasteiger partial charge in [0.2, 0.25) is 0 Å². The average molecular weight is 224 g/mol. The Balaban J connectivity index is 2.25. The van der Waals surface area contributed by atoms with Crippen LogP contribution in [-0.2, 0) is 17.8 Å². The standard InChI is InChI=1S/C12H16O4/c1-15-10-3-2-8-5-11(14)12(6-13)16-7-9(8)4-10/h2-4,11-14H,5-7H2,1H3/t11-,12-/m1/s1. The highest BCUT2D eigenvalue weighted by Gasteiger charge is 2.24. The molecule has 2 atom stereocenters. The lowest BCUT2D eigenvalue weighted by Crippen LogP contribution is -2.32. The Labute approximate surface area is 94.4 Å². The minimum atomic E-state index is -0.653. The van der Waals surface area contributed by atoms with Crippen LogP contribution in [0.25, 0.3) is 0 Å². The van der Waals surface area contributed by atoms with Crippen molar-refractivity contribution in [1.82, 2.24) is 0 Å². The minimum Gasteiger partial charge on any atom is -0.497 e. The molecule has 0 bridgehead atoms. The molecule has 16 heavy (non-hydrogen) atoms. The van der Waals surface area contributed by atoms with E-state index in [4.69, 9.17) is 14.6 Å². The Hall–Kier alpha value is -1.10. The molecule has 0 aliphatic carbocycles. The van der Waals surface area contributed by atoms with Crippen molar-refractivity contribution in [2.45, 2.75) is 25.2 Å². The first-order valence-electron chi connectivity index (χ1n) is 5.31. The van der Waals surface area contributed by atoms with Crippen LogP contribution in [0.5, 0.6) is 5.75 Å². The van der Waals surface area contributed by atoms with E-state index < -0.39 is 12.2 Å². The Bertz CT molecular complexity index is 364. The van der Waals surface area contributed by atoms with Gasteiger partial charge in [0, 0.05) is 6.42 Å². The highest BCUT2D eigenvalue weighted by molar-refractivity contribution is 5.36. The third-order valence-electron chi connectivity index (χ3n) is 2.90. The van der Waals surface area contributed by atoms with Crippen LogP contribution in [0, 0.1) is 0 Å². The lowest BCUT2D eigenvalue weighted by molar-refractivity contribution is -0.0642. The summed E-state index contributed by atoms with van der Waals surface area (Å²) in [6.45, 7) is 0.237. The number of rotatable bonds is 2. The van der Waals surface area contributed by atoms with Gasteiger partial charge in [-0.25, -0.2) is 0 Å². The Kier molecular flexibility index (Phi) is 3.43. The van der Waals surface area contributed by atoms with Gasteiger partial charge in [-0.3, -0.25) is 0 Å². The van der Waals surface area contributed by atoms with E-state index in [9.17, 15) is 5.11 Å². The summed E-state index contributed by atoms with van der Waals surface area (Å²) in [7, 11) is 1.62. The van der Waals surface area contributed by atoms with Crippen molar-refractivity contribution in [3.05, 3.63) is 29.3 Å². The summed E-state index contributed by atoms with van der Waals surface area (Å²) in [6.07, 6.45) is -0.650. The van der Waals surface area contributed by atoms with Crippen LogP contribution in [0.2, 0.25) is 0 Å². The molecule has 0 radical (unpaired) electrons. The topological polar surface area (TPSA) is 58.9 Å². The number of methoxy groups -OCH3 is 1. The SMILES string of the molecule is COc1ccc2c(c1)CO[C@H](CO)[C@H](O)C2.